The van der Waals surface area contributed by atoms with Crippen molar-refractivity contribution < 1.29 is 4.79 Å². The smallest absolute Gasteiger partial charge is 0.223 e. The van der Waals surface area contributed by atoms with Crippen molar-refractivity contribution in [3.05, 3.63) is 0 Å². The lowest BCUT2D eigenvalue weighted by Crippen LogP contribution is -2.43. The molecule has 0 aromatic heterocycles. The minimum absolute atomic E-state index is 0.148. The second-order valence-corrected chi connectivity index (χ2v) is 5.99. The number of likely N-dealkylation sites (tertiary alicyclic amines) is 1. The molecule has 1 saturated carbocycles. The van der Waals surface area contributed by atoms with Crippen LogP contribution in [0.15, 0.2) is 0 Å². The highest BCUT2D eigenvalue weighted by molar-refractivity contribution is 5.78. The van der Waals surface area contributed by atoms with E-state index < -0.39 is 0 Å². The van der Waals surface area contributed by atoms with Crippen LogP contribution in [0.3, 0.4) is 0 Å². The standard InChI is InChI=1S/C14H27N3O/c1-11-4-5-12(10-13(11)15)14(18)16-6-9-17-7-2-3-8-17/h11-13H,2-10,15H2,1H3,(H,16,18). The third-order valence-electron chi connectivity index (χ3n) is 4.55. The maximum absolute atomic E-state index is 12.0. The first-order valence-corrected chi connectivity index (χ1v) is 7.42. The van der Waals surface area contributed by atoms with Crippen LogP contribution < -0.4 is 11.1 Å². The molecule has 4 heteroatoms. The van der Waals surface area contributed by atoms with Gasteiger partial charge in [-0.2, -0.15) is 0 Å². The fraction of sp³-hybridized carbons (Fsp3) is 0.929. The third kappa shape index (κ3) is 3.69. The number of carbonyl (C=O) groups is 1. The lowest BCUT2D eigenvalue weighted by Gasteiger charge is -2.31. The van der Waals surface area contributed by atoms with E-state index in [2.05, 4.69) is 17.1 Å². The van der Waals surface area contributed by atoms with Crippen LogP contribution in [-0.4, -0.2) is 43.0 Å². The summed E-state index contributed by atoms with van der Waals surface area (Å²) in [5.41, 5.74) is 6.05. The van der Waals surface area contributed by atoms with Gasteiger partial charge in [-0.1, -0.05) is 6.92 Å². The van der Waals surface area contributed by atoms with Crippen molar-refractivity contribution in [3.63, 3.8) is 0 Å². The average Bonchev–Trinajstić information content (AvgIpc) is 2.85. The highest BCUT2D eigenvalue weighted by Crippen LogP contribution is 2.27. The maximum Gasteiger partial charge on any atom is 0.223 e. The van der Waals surface area contributed by atoms with Gasteiger partial charge in [0.15, 0.2) is 0 Å². The second-order valence-electron chi connectivity index (χ2n) is 5.99. The van der Waals surface area contributed by atoms with Gasteiger partial charge >= 0.3 is 0 Å². The van der Waals surface area contributed by atoms with Crippen LogP contribution in [0.5, 0.6) is 0 Å². The molecule has 1 amide bonds. The Labute approximate surface area is 110 Å². The van der Waals surface area contributed by atoms with Gasteiger partial charge in [-0.05, 0) is 51.1 Å². The van der Waals surface area contributed by atoms with E-state index in [1.54, 1.807) is 0 Å². The van der Waals surface area contributed by atoms with Crippen LogP contribution in [0, 0.1) is 11.8 Å². The summed E-state index contributed by atoms with van der Waals surface area (Å²) in [6, 6.07) is 0.202. The summed E-state index contributed by atoms with van der Waals surface area (Å²) in [4.78, 5) is 14.5. The van der Waals surface area contributed by atoms with Gasteiger partial charge in [-0.25, -0.2) is 0 Å². The van der Waals surface area contributed by atoms with Gasteiger partial charge < -0.3 is 16.0 Å². The highest BCUT2D eigenvalue weighted by atomic mass is 16.1. The molecule has 3 N–H and O–H groups in total. The van der Waals surface area contributed by atoms with E-state index in [1.165, 1.54) is 25.9 Å². The summed E-state index contributed by atoms with van der Waals surface area (Å²) < 4.78 is 0. The minimum Gasteiger partial charge on any atom is -0.355 e. The Morgan fingerprint density at radius 3 is 2.72 bits per heavy atom. The molecule has 1 saturated heterocycles. The van der Waals surface area contributed by atoms with E-state index >= 15 is 0 Å². The van der Waals surface area contributed by atoms with Crippen molar-refractivity contribution in [2.45, 2.75) is 45.1 Å². The molecule has 4 nitrogen and oxygen atoms in total. The zero-order valence-corrected chi connectivity index (χ0v) is 11.5. The second kappa shape index (κ2) is 6.53. The maximum atomic E-state index is 12.0. The Kier molecular flexibility index (Phi) is 5.01. The number of hydrogen-bond acceptors (Lipinski definition) is 3. The van der Waals surface area contributed by atoms with Gasteiger partial charge in [0.2, 0.25) is 5.91 Å². The predicted molar refractivity (Wildman–Crippen MR) is 73.2 cm³/mol. The minimum atomic E-state index is 0.148. The van der Waals surface area contributed by atoms with Crippen LogP contribution in [0.2, 0.25) is 0 Å². The third-order valence-corrected chi connectivity index (χ3v) is 4.55. The van der Waals surface area contributed by atoms with Gasteiger partial charge in [0.05, 0.1) is 0 Å². The summed E-state index contributed by atoms with van der Waals surface area (Å²) in [7, 11) is 0. The molecular weight excluding hydrogens is 226 g/mol. The molecule has 3 unspecified atom stereocenters. The highest BCUT2D eigenvalue weighted by Gasteiger charge is 2.29. The van der Waals surface area contributed by atoms with Crippen molar-refractivity contribution in [1.29, 1.82) is 0 Å². The summed E-state index contributed by atoms with van der Waals surface area (Å²) >= 11 is 0. The zero-order chi connectivity index (χ0) is 13.0. The van der Waals surface area contributed by atoms with Gasteiger partial charge in [0.25, 0.3) is 0 Å². The van der Waals surface area contributed by atoms with Gasteiger partial charge in [0, 0.05) is 25.0 Å². The normalized spacial score (nSPS) is 33.6. The monoisotopic (exact) mass is 253 g/mol. The van der Waals surface area contributed by atoms with Crippen LogP contribution in [0.25, 0.3) is 0 Å². The van der Waals surface area contributed by atoms with E-state index in [-0.39, 0.29) is 17.9 Å². The molecule has 18 heavy (non-hydrogen) atoms. The van der Waals surface area contributed by atoms with E-state index in [0.29, 0.717) is 5.92 Å². The number of amides is 1. The predicted octanol–water partition coefficient (Wildman–Crippen LogP) is 0.962. The van der Waals surface area contributed by atoms with E-state index in [0.717, 1.165) is 32.4 Å². The van der Waals surface area contributed by atoms with Gasteiger partial charge in [-0.15, -0.1) is 0 Å². The van der Waals surface area contributed by atoms with E-state index in [1.807, 2.05) is 0 Å². The first-order valence-electron chi connectivity index (χ1n) is 7.42. The van der Waals surface area contributed by atoms with Crippen LogP contribution in [0.1, 0.15) is 39.0 Å². The first kappa shape index (κ1) is 13.8. The number of carbonyl (C=O) groups excluding carboxylic acids is 1. The Bertz CT molecular complexity index is 276. The van der Waals surface area contributed by atoms with Crippen molar-refractivity contribution in [3.8, 4) is 0 Å². The molecule has 0 aromatic carbocycles. The molecular formula is C14H27N3O. The van der Waals surface area contributed by atoms with Gasteiger partial charge in [0.1, 0.15) is 0 Å². The van der Waals surface area contributed by atoms with E-state index in [9.17, 15) is 4.79 Å². The molecule has 2 aliphatic rings. The number of nitrogens with two attached hydrogens (primary N) is 1. The summed E-state index contributed by atoms with van der Waals surface area (Å²) in [6.07, 6.45) is 5.57. The molecule has 2 fully saturated rings. The Balaban J connectivity index is 1.64. The van der Waals surface area contributed by atoms with Crippen molar-refractivity contribution in [1.82, 2.24) is 10.2 Å². The summed E-state index contributed by atoms with van der Waals surface area (Å²) in [5, 5.41) is 3.08. The molecule has 2 rings (SSSR count). The average molecular weight is 253 g/mol. The molecule has 0 radical (unpaired) electrons. The molecule has 104 valence electrons. The molecule has 1 aliphatic carbocycles. The molecule has 0 spiro atoms. The largest absolute Gasteiger partial charge is 0.355 e. The topological polar surface area (TPSA) is 58.4 Å². The number of hydrogen-bond donors (Lipinski definition) is 2. The zero-order valence-electron chi connectivity index (χ0n) is 11.5. The summed E-state index contributed by atoms with van der Waals surface area (Å²) in [5.74, 6) is 0.935. The van der Waals surface area contributed by atoms with Crippen molar-refractivity contribution >= 4 is 5.91 Å². The Morgan fingerprint density at radius 2 is 2.06 bits per heavy atom. The fourth-order valence-corrected chi connectivity index (χ4v) is 3.08. The van der Waals surface area contributed by atoms with Crippen molar-refractivity contribution in [2.75, 3.05) is 26.2 Å². The Morgan fingerprint density at radius 1 is 1.33 bits per heavy atom. The SMILES string of the molecule is CC1CCC(C(=O)NCCN2CCCC2)CC1N. The van der Waals surface area contributed by atoms with E-state index in [4.69, 9.17) is 5.73 Å². The number of rotatable bonds is 4. The number of nitrogens with zero attached hydrogens (tertiary/aromatic N) is 1. The molecule has 1 aliphatic heterocycles. The molecule has 3 atom stereocenters. The summed E-state index contributed by atoms with van der Waals surface area (Å²) in [6.45, 7) is 6.37. The molecule has 1 heterocycles. The molecule has 0 bridgehead atoms. The van der Waals surface area contributed by atoms with Crippen LogP contribution >= 0.6 is 0 Å². The Hall–Kier alpha value is -0.610. The van der Waals surface area contributed by atoms with Crippen molar-refractivity contribution in [2.24, 2.45) is 17.6 Å². The molecule has 0 aromatic rings. The van der Waals surface area contributed by atoms with Crippen LogP contribution in [0.4, 0.5) is 0 Å². The fourth-order valence-electron chi connectivity index (χ4n) is 3.08. The lowest BCUT2D eigenvalue weighted by atomic mass is 9.79. The van der Waals surface area contributed by atoms with Crippen LogP contribution in [-0.2, 0) is 4.79 Å². The lowest BCUT2D eigenvalue weighted by molar-refractivity contribution is -0.126. The first-order chi connectivity index (χ1) is 8.66. The quantitative estimate of drug-likeness (QED) is 0.784. The number of nitrogens with one attached hydrogen (secondary N) is 1. The van der Waals surface area contributed by atoms with Gasteiger partial charge in [-0.3, -0.25) is 4.79 Å².